The second-order valence-electron chi connectivity index (χ2n) is 20.0. The minimum atomic E-state index is 0. The van der Waals surface area contributed by atoms with Gasteiger partial charge in [0, 0.05) is 150 Å². The summed E-state index contributed by atoms with van der Waals surface area (Å²) in [5, 5.41) is 11.5. The molecule has 15 rings (SSSR count). The molecule has 0 fully saturated rings. The Kier molecular flexibility index (Phi) is 33.6. The van der Waals surface area contributed by atoms with Crippen molar-refractivity contribution in [3.8, 4) is 0 Å². The van der Waals surface area contributed by atoms with Gasteiger partial charge in [-0.1, -0.05) is 36.5 Å². The Labute approximate surface area is 631 Å². The number of hydrogen-bond acceptors (Lipinski definition) is 16. The molecule has 0 saturated carbocycles. The number of benzene rings is 7. The molecule has 0 unspecified atom stereocenters. The van der Waals surface area contributed by atoms with E-state index in [2.05, 4.69) is 188 Å². The van der Waals surface area contributed by atoms with Gasteiger partial charge in [-0.15, -0.1) is 48.4 Å². The number of pyridine rings is 2. The predicted octanol–water partition coefficient (Wildman–Crippen LogP) is 13.6. The largest absolute Gasteiger partial charge is 0.510 e. The third-order valence-corrected chi connectivity index (χ3v) is 13.5. The number of anilines is 11. The number of aromatic nitrogens is 2. The van der Waals surface area contributed by atoms with Crippen molar-refractivity contribution < 1.29 is 121 Å². The fourth-order valence-corrected chi connectivity index (χ4v) is 9.37. The van der Waals surface area contributed by atoms with Gasteiger partial charge in [-0.25, -0.2) is 27.3 Å². The molecule has 0 bridgehead atoms. The van der Waals surface area contributed by atoms with Crippen LogP contribution in [-0.2, 0) is 121 Å². The van der Waals surface area contributed by atoms with Gasteiger partial charge in [0.25, 0.3) is 0 Å². The van der Waals surface area contributed by atoms with Crippen molar-refractivity contribution >= 4 is 75.5 Å². The average Bonchev–Trinajstić information content (AvgIpc) is 1.70. The fraction of sp³-hybridized carbons (Fsp3) is 0.0986. The van der Waals surface area contributed by atoms with Gasteiger partial charge in [0.05, 0.1) is 18.4 Å². The Hall–Kier alpha value is -6.84. The van der Waals surface area contributed by atoms with Crippen LogP contribution in [0.2, 0.25) is 0 Å². The summed E-state index contributed by atoms with van der Waals surface area (Å²) >= 11 is 0. The van der Waals surface area contributed by atoms with E-state index in [4.69, 9.17) is 0 Å². The summed E-state index contributed by atoms with van der Waals surface area (Å²) in [4.78, 5) is 28.8. The molecule has 16 nitrogen and oxygen atoms in total. The van der Waals surface area contributed by atoms with Gasteiger partial charge in [-0.3, -0.25) is 4.98 Å². The van der Waals surface area contributed by atoms with Crippen LogP contribution in [0.15, 0.2) is 235 Å². The zero-order valence-corrected chi connectivity index (χ0v) is 66.0. The van der Waals surface area contributed by atoms with Crippen molar-refractivity contribution in [3.05, 3.63) is 313 Å². The van der Waals surface area contributed by atoms with Crippen LogP contribution in [0.5, 0.6) is 0 Å². The summed E-state index contributed by atoms with van der Waals surface area (Å²) in [6, 6.07) is 80.9. The van der Waals surface area contributed by atoms with E-state index in [-0.39, 0.29) is 121 Å². The van der Waals surface area contributed by atoms with Gasteiger partial charge in [-0.05, 0) is 109 Å². The summed E-state index contributed by atoms with van der Waals surface area (Å²) in [5.41, 5.74) is 12.5. The van der Waals surface area contributed by atoms with E-state index in [1.165, 1.54) is 28.2 Å². The van der Waals surface area contributed by atoms with Crippen LogP contribution in [0.25, 0.3) is 0 Å². The minimum absolute atomic E-state index is 0. The number of rotatable bonds is 7. The fourth-order valence-electron chi connectivity index (χ4n) is 9.37. The van der Waals surface area contributed by atoms with E-state index >= 15 is 0 Å². The molecule has 9 aromatic rings. The molecule has 7 aromatic carbocycles. The molecule has 0 aliphatic carbocycles. The molecule has 6 aliphatic rings. The zero-order chi connectivity index (χ0) is 60.3. The van der Waals surface area contributed by atoms with E-state index in [0.717, 1.165) is 45.8 Å². The third kappa shape index (κ3) is 21.6. The first-order valence-electron chi connectivity index (χ1n) is 28.0. The van der Waals surface area contributed by atoms with Crippen LogP contribution < -0.4 is 44.1 Å². The first-order chi connectivity index (χ1) is 42.6. The van der Waals surface area contributed by atoms with Crippen LogP contribution in [0.4, 0.5) is 62.8 Å². The van der Waals surface area contributed by atoms with E-state index in [0.29, 0.717) is 0 Å². The number of hydrazone groups is 2. The number of nitrogens with zero attached hydrogens (tertiary/aromatic N) is 16. The second kappa shape index (κ2) is 39.8. The van der Waals surface area contributed by atoms with Crippen molar-refractivity contribution in [2.24, 2.45) is 10.2 Å². The summed E-state index contributed by atoms with van der Waals surface area (Å²) < 4.78 is 0. The van der Waals surface area contributed by atoms with Gasteiger partial charge in [-0.2, -0.15) is 178 Å². The van der Waals surface area contributed by atoms with E-state index < -0.39 is 0 Å². The quantitative estimate of drug-likeness (QED) is 0.142. The molecule has 0 saturated heterocycles. The SMILES string of the molecule is CN1C=CN(c2[c-]cccc2)[CH-]1.CN1[CH-]N(c2[c-]cccc2)C=N1.CN1[CH-]N(c2[c-]cccc2)c2ccccc21.CN1[CH-]N(c2[c-]cccc2)c2cccnc21.CN1[CH-]N(c2[c-]cccn2)C=N1.Cc1cccc(C)c1N1C=CN(c2[c-]cccc2)[CH-]1.[Ir].[Ir].[Ir].[Ir].[Ir].[Ir]. The first kappa shape index (κ1) is 78.6. The maximum absolute atomic E-state index is 4.36. The molecule has 0 N–H and O–H groups in total. The Morgan fingerprint density at radius 2 is 0.763 bits per heavy atom. The second-order valence-corrected chi connectivity index (χ2v) is 20.0. The molecule has 6 radical (unpaired) electrons. The number of aryl methyl sites for hydroxylation is 2. The van der Waals surface area contributed by atoms with Crippen LogP contribution in [0.3, 0.4) is 0 Å². The molecular weight excluding hydrogens is 2230 g/mol. The molecule has 496 valence electrons. The molecule has 6 aliphatic heterocycles. The Bertz CT molecular complexity index is 3440. The van der Waals surface area contributed by atoms with Gasteiger partial charge in [0.1, 0.15) is 5.82 Å². The predicted molar refractivity (Wildman–Crippen MR) is 354 cm³/mol. The number of fused-ring (bicyclic) bond motifs is 2. The van der Waals surface area contributed by atoms with Gasteiger partial charge in [0.15, 0.2) is 0 Å². The monoisotopic (exact) mass is 2300 g/mol. The van der Waals surface area contributed by atoms with Gasteiger partial charge >= 0.3 is 0 Å². The molecule has 0 atom stereocenters. The van der Waals surface area contributed by atoms with Crippen LogP contribution in [-0.4, -0.2) is 72.8 Å². The van der Waals surface area contributed by atoms with E-state index in [1.807, 2.05) is 214 Å². The summed E-state index contributed by atoms with van der Waals surface area (Å²) in [6.45, 7) is 16.2. The smallest absolute Gasteiger partial charge is 0.121 e. The Morgan fingerprint density at radius 3 is 1.25 bits per heavy atom. The van der Waals surface area contributed by atoms with Crippen molar-refractivity contribution in [1.82, 2.24) is 24.9 Å². The van der Waals surface area contributed by atoms with Gasteiger partial charge in [0.2, 0.25) is 0 Å². The number of hydrogen-bond donors (Lipinski definition) is 0. The van der Waals surface area contributed by atoms with Crippen LogP contribution in [0.1, 0.15) is 11.1 Å². The summed E-state index contributed by atoms with van der Waals surface area (Å²) in [7, 11) is 9.80. The number of para-hydroxylation sites is 8. The van der Waals surface area contributed by atoms with Crippen molar-refractivity contribution in [2.45, 2.75) is 13.8 Å². The van der Waals surface area contributed by atoms with Crippen molar-refractivity contribution in [1.29, 1.82) is 0 Å². The average molecular weight is 2300 g/mol. The maximum atomic E-state index is 4.36. The third-order valence-electron chi connectivity index (χ3n) is 13.5. The molecule has 0 amide bonds. The topological polar surface area (TPSA) is 89.4 Å². The Balaban J connectivity index is 0.000000237. The van der Waals surface area contributed by atoms with Crippen LogP contribution in [0, 0.1) is 90.3 Å². The zero-order valence-electron chi connectivity index (χ0n) is 51.6. The molecule has 93 heavy (non-hydrogen) atoms. The standard InChI is InChI=1S/C17H16N2.C14H12N2.C13H11N3.C10H10N2.C9H9N3.C8H8N4.6Ir/c1-14-7-6-8-15(2)17(14)19-12-11-18(13-19)16-9-4-3-5-10-16;1-15-11-16(12-7-3-2-4-8-12)14-10-6-5-9-13(14)15;1-15-10-16(11-6-3-2-4-7-11)12-8-5-9-14-13(12)15;1-11-7-8-12(9-11)10-5-3-2-4-6-10;1-11-8-12(7-10-11)9-5-3-2-4-6-9;1-11-7-12(6-10-11)8-4-2-3-5-9-8;;;;;;/h3-9,11-13H,1-2H3;2-7,9-11H,1H3;2-6,8-10H,1H3;2-5,7-9H,1H3;2-5,7-8H,1H3;2-3,5-7H,1H3;;;;;;/q6*-2;;;;;;. The van der Waals surface area contributed by atoms with Gasteiger partial charge < -0.3 is 59.0 Å². The van der Waals surface area contributed by atoms with E-state index in [1.54, 1.807) is 40.0 Å². The Morgan fingerprint density at radius 1 is 0.333 bits per heavy atom. The first-order valence-corrected chi connectivity index (χ1v) is 28.0. The van der Waals surface area contributed by atoms with Crippen molar-refractivity contribution in [2.75, 3.05) is 79.3 Å². The summed E-state index contributed by atoms with van der Waals surface area (Å²) in [5.74, 6) is 1.73. The van der Waals surface area contributed by atoms with E-state index in [9.17, 15) is 0 Å². The summed E-state index contributed by atoms with van der Waals surface area (Å²) in [6.07, 6.45) is 15.1. The molecule has 0 spiro atoms. The molecule has 8 heterocycles. The van der Waals surface area contributed by atoms with Crippen LogP contribution >= 0.6 is 0 Å². The normalized spacial score (nSPS) is 13.8. The molecule has 22 heteroatoms. The minimum Gasteiger partial charge on any atom is -0.510 e. The maximum Gasteiger partial charge on any atom is 0.121 e. The molecule has 2 aromatic heterocycles. The molecular formula is C71H66Ir6N16-12. The van der Waals surface area contributed by atoms with Crippen molar-refractivity contribution in [3.63, 3.8) is 0 Å².